The fourth-order valence-electron chi connectivity index (χ4n) is 3.71. The number of piperazine rings is 1. The predicted octanol–water partition coefficient (Wildman–Crippen LogP) is 2.80. The number of nitrogens with one attached hydrogen (secondary N) is 1. The largest absolute Gasteiger partial charge is 0.364 e. The van der Waals surface area contributed by atoms with E-state index >= 15 is 0 Å². The van der Waals surface area contributed by atoms with Gasteiger partial charge in [-0.2, -0.15) is 0 Å². The number of aromatic nitrogens is 1. The van der Waals surface area contributed by atoms with Gasteiger partial charge in [-0.15, -0.1) is 0 Å². The molecular formula is C23H36N6O. The van der Waals surface area contributed by atoms with Crippen LogP contribution in [0.25, 0.3) is 0 Å². The van der Waals surface area contributed by atoms with E-state index in [4.69, 9.17) is 9.52 Å². The highest BCUT2D eigenvalue weighted by molar-refractivity contribution is 5.80. The molecule has 164 valence electrons. The molecule has 3 rings (SSSR count). The van der Waals surface area contributed by atoms with Gasteiger partial charge in [0.05, 0.1) is 12.2 Å². The Bertz CT molecular complexity index is 747. The smallest absolute Gasteiger partial charge is 0.194 e. The minimum atomic E-state index is 0.701. The van der Waals surface area contributed by atoms with Gasteiger partial charge >= 0.3 is 0 Å². The molecule has 0 unspecified atom stereocenters. The Morgan fingerprint density at radius 2 is 1.73 bits per heavy atom. The van der Waals surface area contributed by atoms with Crippen molar-refractivity contribution in [2.75, 3.05) is 45.8 Å². The van der Waals surface area contributed by atoms with Crippen molar-refractivity contribution in [2.45, 2.75) is 40.4 Å². The molecule has 2 aromatic rings. The Hall–Kier alpha value is -2.38. The van der Waals surface area contributed by atoms with Gasteiger partial charge in [-0.05, 0) is 31.1 Å². The lowest BCUT2D eigenvalue weighted by molar-refractivity contribution is 0.169. The fraction of sp³-hybridized carbons (Fsp3) is 0.565. The molecule has 0 bridgehead atoms. The second-order valence-corrected chi connectivity index (χ2v) is 7.70. The zero-order valence-electron chi connectivity index (χ0n) is 18.7. The van der Waals surface area contributed by atoms with Crippen LogP contribution < -0.4 is 5.32 Å². The standard InChI is InChI=1S/C23H36N6O/c1-4-24-23(29-14-12-28(13-15-29)19-22-11-16-30-26-22)25-17-20-7-9-21(10-8-20)18-27(5-2)6-3/h7-11,16H,4-6,12-15,17-19H2,1-3H3,(H,24,25). The Balaban J connectivity index is 1.53. The maximum absolute atomic E-state index is 4.94. The molecule has 1 N–H and O–H groups in total. The molecule has 1 aromatic heterocycles. The Kier molecular flexibility index (Phi) is 8.71. The first kappa shape index (κ1) is 22.3. The third-order valence-electron chi connectivity index (χ3n) is 5.62. The molecule has 0 saturated carbocycles. The Labute approximate surface area is 180 Å². The van der Waals surface area contributed by atoms with Crippen LogP contribution in [-0.2, 0) is 19.6 Å². The molecule has 1 saturated heterocycles. The number of nitrogens with zero attached hydrogens (tertiary/aromatic N) is 5. The second-order valence-electron chi connectivity index (χ2n) is 7.70. The van der Waals surface area contributed by atoms with Crippen molar-refractivity contribution in [3.05, 3.63) is 53.4 Å². The van der Waals surface area contributed by atoms with Crippen molar-refractivity contribution in [1.29, 1.82) is 0 Å². The number of aliphatic imine (C=N–C) groups is 1. The minimum absolute atomic E-state index is 0.701. The molecule has 0 atom stereocenters. The molecule has 0 radical (unpaired) electrons. The highest BCUT2D eigenvalue weighted by atomic mass is 16.5. The van der Waals surface area contributed by atoms with E-state index in [1.54, 1.807) is 6.26 Å². The van der Waals surface area contributed by atoms with E-state index in [-0.39, 0.29) is 0 Å². The SMILES string of the molecule is CCNC(=NCc1ccc(CN(CC)CC)cc1)N1CCN(Cc2ccon2)CC1. The molecule has 0 spiro atoms. The number of hydrogen-bond donors (Lipinski definition) is 1. The zero-order valence-corrected chi connectivity index (χ0v) is 18.7. The van der Waals surface area contributed by atoms with Crippen LogP contribution in [0.3, 0.4) is 0 Å². The van der Waals surface area contributed by atoms with Crippen LogP contribution in [0, 0.1) is 0 Å². The van der Waals surface area contributed by atoms with Crippen LogP contribution >= 0.6 is 0 Å². The monoisotopic (exact) mass is 412 g/mol. The van der Waals surface area contributed by atoms with E-state index in [2.05, 4.69) is 70.2 Å². The highest BCUT2D eigenvalue weighted by Crippen LogP contribution is 2.10. The Morgan fingerprint density at radius 3 is 2.33 bits per heavy atom. The first-order chi connectivity index (χ1) is 14.7. The molecule has 1 fully saturated rings. The third kappa shape index (κ3) is 6.57. The summed E-state index contributed by atoms with van der Waals surface area (Å²) in [6.07, 6.45) is 1.64. The van der Waals surface area contributed by atoms with Crippen molar-refractivity contribution < 1.29 is 4.52 Å². The first-order valence-corrected chi connectivity index (χ1v) is 11.2. The summed E-state index contributed by atoms with van der Waals surface area (Å²) in [4.78, 5) is 12.1. The van der Waals surface area contributed by atoms with E-state index < -0.39 is 0 Å². The highest BCUT2D eigenvalue weighted by Gasteiger charge is 2.20. The summed E-state index contributed by atoms with van der Waals surface area (Å²) in [5.74, 6) is 1.01. The minimum Gasteiger partial charge on any atom is -0.364 e. The van der Waals surface area contributed by atoms with E-state index in [9.17, 15) is 0 Å². The van der Waals surface area contributed by atoms with Crippen LogP contribution in [0.4, 0.5) is 0 Å². The molecule has 1 aromatic carbocycles. The third-order valence-corrected chi connectivity index (χ3v) is 5.62. The summed E-state index contributed by atoms with van der Waals surface area (Å²) >= 11 is 0. The molecule has 7 nitrogen and oxygen atoms in total. The molecule has 1 aliphatic heterocycles. The van der Waals surface area contributed by atoms with Crippen LogP contribution in [0.5, 0.6) is 0 Å². The van der Waals surface area contributed by atoms with Gasteiger partial charge in [-0.1, -0.05) is 43.3 Å². The molecular weight excluding hydrogens is 376 g/mol. The van der Waals surface area contributed by atoms with Gasteiger partial charge < -0.3 is 14.7 Å². The van der Waals surface area contributed by atoms with Gasteiger partial charge in [-0.25, -0.2) is 4.99 Å². The molecule has 1 aliphatic rings. The number of rotatable bonds is 9. The van der Waals surface area contributed by atoms with Crippen molar-refractivity contribution in [2.24, 2.45) is 4.99 Å². The van der Waals surface area contributed by atoms with E-state index in [0.29, 0.717) is 6.54 Å². The number of hydrogen-bond acceptors (Lipinski definition) is 5. The molecule has 2 heterocycles. The van der Waals surface area contributed by atoms with Crippen LogP contribution in [0.15, 0.2) is 46.1 Å². The summed E-state index contributed by atoms with van der Waals surface area (Å²) in [6.45, 7) is 16.1. The van der Waals surface area contributed by atoms with E-state index in [1.807, 2.05) is 6.07 Å². The van der Waals surface area contributed by atoms with Gasteiger partial charge in [0.2, 0.25) is 0 Å². The summed E-state index contributed by atoms with van der Waals surface area (Å²) < 4.78 is 4.94. The molecule has 30 heavy (non-hydrogen) atoms. The van der Waals surface area contributed by atoms with E-state index in [0.717, 1.165) is 70.6 Å². The van der Waals surface area contributed by atoms with Crippen molar-refractivity contribution in [3.8, 4) is 0 Å². The summed E-state index contributed by atoms with van der Waals surface area (Å²) in [6, 6.07) is 10.8. The first-order valence-electron chi connectivity index (χ1n) is 11.2. The summed E-state index contributed by atoms with van der Waals surface area (Å²) in [5, 5.41) is 7.48. The number of benzene rings is 1. The average molecular weight is 413 g/mol. The molecule has 0 amide bonds. The lowest BCUT2D eigenvalue weighted by Gasteiger charge is -2.36. The van der Waals surface area contributed by atoms with E-state index in [1.165, 1.54) is 11.1 Å². The molecule has 7 heteroatoms. The lowest BCUT2D eigenvalue weighted by Crippen LogP contribution is -2.52. The topological polar surface area (TPSA) is 60.1 Å². The maximum atomic E-state index is 4.94. The van der Waals surface area contributed by atoms with Crippen LogP contribution in [0.2, 0.25) is 0 Å². The van der Waals surface area contributed by atoms with Gasteiger partial charge in [0.1, 0.15) is 6.26 Å². The van der Waals surface area contributed by atoms with Crippen LogP contribution in [0.1, 0.15) is 37.6 Å². The van der Waals surface area contributed by atoms with Crippen molar-refractivity contribution >= 4 is 5.96 Å². The fourth-order valence-corrected chi connectivity index (χ4v) is 3.71. The summed E-state index contributed by atoms with van der Waals surface area (Å²) in [7, 11) is 0. The van der Waals surface area contributed by atoms with Crippen LogP contribution in [-0.4, -0.2) is 71.6 Å². The van der Waals surface area contributed by atoms with Gasteiger partial charge in [-0.3, -0.25) is 9.80 Å². The zero-order chi connectivity index (χ0) is 21.2. The predicted molar refractivity (Wildman–Crippen MR) is 121 cm³/mol. The maximum Gasteiger partial charge on any atom is 0.194 e. The second kappa shape index (κ2) is 11.7. The quantitative estimate of drug-likeness (QED) is 0.505. The van der Waals surface area contributed by atoms with Gasteiger partial charge in [0.25, 0.3) is 0 Å². The summed E-state index contributed by atoms with van der Waals surface area (Å²) in [5.41, 5.74) is 3.61. The lowest BCUT2D eigenvalue weighted by atomic mass is 10.1. The number of guanidine groups is 1. The van der Waals surface area contributed by atoms with Crippen molar-refractivity contribution in [1.82, 2.24) is 25.2 Å². The normalized spacial score (nSPS) is 15.7. The molecule has 0 aliphatic carbocycles. The Morgan fingerprint density at radius 1 is 1.03 bits per heavy atom. The average Bonchev–Trinajstić information content (AvgIpc) is 3.29. The van der Waals surface area contributed by atoms with Crippen molar-refractivity contribution in [3.63, 3.8) is 0 Å². The van der Waals surface area contributed by atoms with Gasteiger partial charge in [0.15, 0.2) is 5.96 Å². The van der Waals surface area contributed by atoms with Gasteiger partial charge in [0, 0.05) is 51.9 Å².